The summed E-state index contributed by atoms with van der Waals surface area (Å²) in [4.78, 5) is 13.4. The maximum atomic E-state index is 11.8. The normalized spacial score (nSPS) is 18.9. The van der Waals surface area contributed by atoms with E-state index in [-0.39, 0.29) is 18.7 Å². The molecule has 0 aromatic heterocycles. The number of carbonyl (C=O) groups is 1. The van der Waals surface area contributed by atoms with E-state index >= 15 is 0 Å². The largest absolute Gasteiger partial charge is 0.395 e. The molecule has 2 amide bonds. The highest BCUT2D eigenvalue weighted by atomic mass is 16.3. The first-order chi connectivity index (χ1) is 9.29. The zero-order chi connectivity index (χ0) is 13.2. The maximum absolute atomic E-state index is 11.8. The van der Waals surface area contributed by atoms with Crippen LogP contribution in [0.5, 0.6) is 0 Å². The van der Waals surface area contributed by atoms with Crippen molar-refractivity contribution in [2.24, 2.45) is 0 Å². The van der Waals surface area contributed by atoms with Gasteiger partial charge in [0.05, 0.1) is 12.6 Å². The first kappa shape index (κ1) is 12.0. The molecule has 1 atom stereocenters. The lowest BCUT2D eigenvalue weighted by molar-refractivity contribution is 0.196. The van der Waals surface area contributed by atoms with Crippen LogP contribution >= 0.6 is 0 Å². The summed E-state index contributed by atoms with van der Waals surface area (Å²) in [5.74, 6) is 0. The van der Waals surface area contributed by atoms with Crippen molar-refractivity contribution in [2.45, 2.75) is 6.04 Å². The van der Waals surface area contributed by atoms with Crippen molar-refractivity contribution in [1.29, 1.82) is 0 Å². The van der Waals surface area contributed by atoms with Crippen LogP contribution in [-0.2, 0) is 0 Å². The number of hydrogen-bond donors (Lipinski definition) is 2. The molecule has 2 N–H and O–H groups in total. The van der Waals surface area contributed by atoms with E-state index in [4.69, 9.17) is 5.11 Å². The lowest BCUT2D eigenvalue weighted by Gasteiger charge is -2.14. The Bertz CT molecular complexity index is 607. The fraction of sp³-hybridized carbons (Fsp3) is 0.267. The number of amides is 2. The number of β-amino-alcohol motifs (C(OH)–C–C–N with tert-alkyl or cyclic N) is 1. The number of hydrogen-bond acceptors (Lipinski definition) is 2. The number of fused-ring (bicyclic) bond motifs is 1. The molecule has 19 heavy (non-hydrogen) atoms. The van der Waals surface area contributed by atoms with Crippen LogP contribution < -0.4 is 5.32 Å². The molecule has 0 radical (unpaired) electrons. The van der Waals surface area contributed by atoms with Crippen LogP contribution in [0.2, 0.25) is 0 Å². The van der Waals surface area contributed by atoms with Gasteiger partial charge in [-0.3, -0.25) is 0 Å². The highest BCUT2D eigenvalue weighted by molar-refractivity contribution is 5.87. The second-order valence-electron chi connectivity index (χ2n) is 4.74. The van der Waals surface area contributed by atoms with Crippen LogP contribution in [0.4, 0.5) is 4.79 Å². The van der Waals surface area contributed by atoms with Crippen LogP contribution in [0.15, 0.2) is 42.5 Å². The van der Waals surface area contributed by atoms with Gasteiger partial charge in [0.2, 0.25) is 0 Å². The molecule has 4 heteroatoms. The van der Waals surface area contributed by atoms with Gasteiger partial charge in [-0.2, -0.15) is 0 Å². The van der Waals surface area contributed by atoms with Gasteiger partial charge in [-0.15, -0.1) is 0 Å². The van der Waals surface area contributed by atoms with Crippen molar-refractivity contribution in [3.63, 3.8) is 0 Å². The van der Waals surface area contributed by atoms with Crippen LogP contribution in [0.3, 0.4) is 0 Å². The Morgan fingerprint density at radius 2 is 2.00 bits per heavy atom. The molecule has 0 bridgehead atoms. The molecule has 98 valence electrons. The van der Waals surface area contributed by atoms with Crippen LogP contribution in [0.25, 0.3) is 10.8 Å². The Morgan fingerprint density at radius 3 is 2.84 bits per heavy atom. The first-order valence-electron chi connectivity index (χ1n) is 6.43. The molecule has 1 unspecified atom stereocenters. The van der Waals surface area contributed by atoms with Crippen LogP contribution in [-0.4, -0.2) is 35.7 Å². The fourth-order valence-electron chi connectivity index (χ4n) is 2.63. The number of aliphatic hydroxyl groups is 1. The average Bonchev–Trinajstić information content (AvgIpc) is 2.80. The zero-order valence-electron chi connectivity index (χ0n) is 10.5. The minimum absolute atomic E-state index is 0.00429. The zero-order valence-corrected chi connectivity index (χ0v) is 10.5. The highest BCUT2D eigenvalue weighted by Crippen LogP contribution is 2.27. The molecule has 1 aliphatic rings. The summed E-state index contributed by atoms with van der Waals surface area (Å²) >= 11 is 0. The fourth-order valence-corrected chi connectivity index (χ4v) is 2.63. The topological polar surface area (TPSA) is 52.6 Å². The van der Waals surface area contributed by atoms with Gasteiger partial charge in [0.15, 0.2) is 0 Å². The summed E-state index contributed by atoms with van der Waals surface area (Å²) in [5.41, 5.74) is 1.13. The van der Waals surface area contributed by atoms with Gasteiger partial charge in [0.25, 0.3) is 0 Å². The molecule has 0 spiro atoms. The van der Waals surface area contributed by atoms with E-state index < -0.39 is 0 Å². The molecule has 1 fully saturated rings. The molecule has 2 aromatic carbocycles. The number of benzene rings is 2. The smallest absolute Gasteiger partial charge is 0.318 e. The number of aliphatic hydroxyl groups excluding tert-OH is 1. The molecule has 1 aliphatic heterocycles. The van der Waals surface area contributed by atoms with Gasteiger partial charge in [-0.05, 0) is 16.3 Å². The van der Waals surface area contributed by atoms with E-state index in [1.807, 2.05) is 18.2 Å². The second kappa shape index (κ2) is 4.90. The summed E-state index contributed by atoms with van der Waals surface area (Å²) < 4.78 is 0. The first-order valence-corrected chi connectivity index (χ1v) is 6.43. The van der Waals surface area contributed by atoms with Gasteiger partial charge in [0, 0.05) is 13.1 Å². The lowest BCUT2D eigenvalue weighted by Crippen LogP contribution is -2.30. The number of nitrogens with zero attached hydrogens (tertiary/aromatic N) is 1. The van der Waals surface area contributed by atoms with E-state index in [1.54, 1.807) is 4.90 Å². The van der Waals surface area contributed by atoms with E-state index in [2.05, 4.69) is 29.6 Å². The molecule has 4 nitrogen and oxygen atoms in total. The number of carbonyl (C=O) groups excluding carboxylic acids is 1. The minimum atomic E-state index is -0.105. The van der Waals surface area contributed by atoms with Crippen molar-refractivity contribution in [1.82, 2.24) is 10.2 Å². The molecule has 0 aliphatic carbocycles. The van der Waals surface area contributed by atoms with Crippen LogP contribution in [0, 0.1) is 0 Å². The number of rotatable bonds is 3. The number of urea groups is 1. The average molecular weight is 256 g/mol. The Morgan fingerprint density at radius 1 is 1.21 bits per heavy atom. The third-order valence-corrected chi connectivity index (χ3v) is 3.56. The molecule has 1 saturated heterocycles. The third-order valence-electron chi connectivity index (χ3n) is 3.56. The summed E-state index contributed by atoms with van der Waals surface area (Å²) in [5, 5.41) is 14.3. The Balaban J connectivity index is 1.95. The molecular weight excluding hydrogens is 240 g/mol. The van der Waals surface area contributed by atoms with Crippen molar-refractivity contribution >= 4 is 16.8 Å². The van der Waals surface area contributed by atoms with E-state index in [0.29, 0.717) is 13.1 Å². The predicted molar refractivity (Wildman–Crippen MR) is 73.9 cm³/mol. The minimum Gasteiger partial charge on any atom is -0.395 e. The van der Waals surface area contributed by atoms with Gasteiger partial charge < -0.3 is 15.3 Å². The lowest BCUT2D eigenvalue weighted by atomic mass is 9.99. The molecule has 0 saturated carbocycles. The predicted octanol–water partition coefficient (Wildman–Crippen LogP) is 1.90. The third kappa shape index (κ3) is 2.15. The summed E-state index contributed by atoms with van der Waals surface area (Å²) in [6.45, 7) is 0.982. The number of nitrogens with one attached hydrogen (secondary N) is 1. The van der Waals surface area contributed by atoms with Crippen LogP contribution in [0.1, 0.15) is 11.6 Å². The molecule has 3 rings (SSSR count). The highest BCUT2D eigenvalue weighted by Gasteiger charge is 2.29. The Hall–Kier alpha value is -2.07. The summed E-state index contributed by atoms with van der Waals surface area (Å²) in [6, 6.07) is 14.2. The monoisotopic (exact) mass is 256 g/mol. The SMILES string of the molecule is O=C1NC(c2cccc3ccccc23)CN1CCO. The summed E-state index contributed by atoms with van der Waals surface area (Å²) in [6.07, 6.45) is 0. The van der Waals surface area contributed by atoms with Crippen molar-refractivity contribution in [3.05, 3.63) is 48.0 Å². The molecule has 2 aromatic rings. The second-order valence-corrected chi connectivity index (χ2v) is 4.74. The standard InChI is InChI=1S/C15H16N2O2/c18-9-8-17-10-14(16-15(17)19)13-7-3-5-11-4-1-2-6-12(11)13/h1-7,14,18H,8-10H2,(H,16,19). The van der Waals surface area contributed by atoms with E-state index in [9.17, 15) is 4.79 Å². The van der Waals surface area contributed by atoms with Crippen molar-refractivity contribution in [2.75, 3.05) is 19.7 Å². The van der Waals surface area contributed by atoms with Gasteiger partial charge in [0.1, 0.15) is 0 Å². The van der Waals surface area contributed by atoms with E-state index in [0.717, 1.165) is 5.56 Å². The molecular formula is C15H16N2O2. The van der Waals surface area contributed by atoms with Gasteiger partial charge in [-0.1, -0.05) is 42.5 Å². The quantitative estimate of drug-likeness (QED) is 0.881. The maximum Gasteiger partial charge on any atom is 0.318 e. The van der Waals surface area contributed by atoms with Gasteiger partial charge in [-0.25, -0.2) is 4.79 Å². The summed E-state index contributed by atoms with van der Waals surface area (Å²) in [7, 11) is 0. The Kier molecular flexibility index (Phi) is 3.09. The van der Waals surface area contributed by atoms with E-state index in [1.165, 1.54) is 10.8 Å². The van der Waals surface area contributed by atoms with Crippen molar-refractivity contribution < 1.29 is 9.90 Å². The Labute approximate surface area is 111 Å². The molecule has 1 heterocycles. The van der Waals surface area contributed by atoms with Gasteiger partial charge >= 0.3 is 6.03 Å². The van der Waals surface area contributed by atoms with Crippen molar-refractivity contribution in [3.8, 4) is 0 Å².